The summed E-state index contributed by atoms with van der Waals surface area (Å²) in [5, 5.41) is 5.49. The molecule has 0 aliphatic rings. The number of hydrogen-bond acceptors (Lipinski definition) is 6. The maximum absolute atomic E-state index is 12.6. The van der Waals surface area contributed by atoms with Gasteiger partial charge in [0.25, 0.3) is 5.91 Å². The highest BCUT2D eigenvalue weighted by atomic mass is 16.5. The maximum atomic E-state index is 12.6. The summed E-state index contributed by atoms with van der Waals surface area (Å²) in [7, 11) is 3.16. The Labute approximate surface area is 194 Å². The summed E-state index contributed by atoms with van der Waals surface area (Å²) in [5.41, 5.74) is 1.01. The molecule has 0 saturated heterocycles. The van der Waals surface area contributed by atoms with Gasteiger partial charge in [0.1, 0.15) is 17.5 Å². The zero-order valence-corrected chi connectivity index (χ0v) is 19.9. The highest BCUT2D eigenvalue weighted by molar-refractivity contribution is 5.88. The third-order valence-electron chi connectivity index (χ3n) is 4.93. The predicted octanol–water partition coefficient (Wildman–Crippen LogP) is 3.00. The molecule has 0 aliphatic heterocycles. The van der Waals surface area contributed by atoms with E-state index in [0.29, 0.717) is 11.5 Å². The van der Waals surface area contributed by atoms with Crippen molar-refractivity contribution in [2.24, 2.45) is 5.41 Å². The van der Waals surface area contributed by atoms with Crippen molar-refractivity contribution in [2.75, 3.05) is 20.8 Å². The van der Waals surface area contributed by atoms with Crippen LogP contribution in [0.2, 0.25) is 0 Å². The van der Waals surface area contributed by atoms with Gasteiger partial charge in [0.05, 0.1) is 20.3 Å². The van der Waals surface area contributed by atoms with Gasteiger partial charge in [0.15, 0.2) is 6.61 Å². The van der Waals surface area contributed by atoms with Gasteiger partial charge in [-0.1, -0.05) is 45.0 Å². The Morgan fingerprint density at radius 2 is 1.27 bits per heavy atom. The number of esters is 1. The molecule has 2 amide bonds. The molecule has 178 valence electrons. The minimum absolute atomic E-state index is 0.282. The molecule has 0 bridgehead atoms. The first-order chi connectivity index (χ1) is 15.5. The first-order valence-electron chi connectivity index (χ1n) is 10.6. The van der Waals surface area contributed by atoms with E-state index in [1.54, 1.807) is 59.3 Å². The molecular weight excluding hydrogens is 424 g/mol. The van der Waals surface area contributed by atoms with Gasteiger partial charge in [-0.3, -0.25) is 9.59 Å². The standard InChI is InChI=1S/C25H32N2O6/c1-16(26-24(30)25(2,3)4)23(29)33-15-21(28)27-22(17-7-11-19(31-5)12-8-17)18-9-13-20(32-6)14-10-18/h7-14,16,22H,15H2,1-6H3,(H,26,30)(H,27,28). The van der Waals surface area contributed by atoms with Crippen molar-refractivity contribution < 1.29 is 28.6 Å². The number of hydrogen-bond donors (Lipinski definition) is 2. The number of methoxy groups -OCH3 is 2. The van der Waals surface area contributed by atoms with Crippen LogP contribution in [0.25, 0.3) is 0 Å². The molecule has 8 heteroatoms. The van der Waals surface area contributed by atoms with Crippen LogP contribution in [-0.4, -0.2) is 44.7 Å². The van der Waals surface area contributed by atoms with E-state index in [4.69, 9.17) is 14.2 Å². The average molecular weight is 457 g/mol. The molecule has 0 aromatic heterocycles. The summed E-state index contributed by atoms with van der Waals surface area (Å²) >= 11 is 0. The molecular formula is C25H32N2O6. The summed E-state index contributed by atoms with van der Waals surface area (Å²) in [4.78, 5) is 36.9. The fraction of sp³-hybridized carbons (Fsp3) is 0.400. The number of rotatable bonds is 9. The molecule has 1 atom stereocenters. The Kier molecular flexibility index (Phi) is 8.85. The molecule has 2 rings (SSSR count). The third kappa shape index (κ3) is 7.52. The lowest BCUT2D eigenvalue weighted by Crippen LogP contribution is -2.45. The quantitative estimate of drug-likeness (QED) is 0.563. The summed E-state index contributed by atoms with van der Waals surface area (Å²) in [5.74, 6) is -0.0597. The number of carbonyl (C=O) groups excluding carboxylic acids is 3. The van der Waals surface area contributed by atoms with Crippen molar-refractivity contribution in [3.8, 4) is 11.5 Å². The summed E-state index contributed by atoms with van der Waals surface area (Å²) in [6.45, 7) is 6.27. The van der Waals surface area contributed by atoms with Gasteiger partial charge in [-0.15, -0.1) is 0 Å². The molecule has 0 heterocycles. The fourth-order valence-electron chi connectivity index (χ4n) is 2.89. The van der Waals surface area contributed by atoms with Crippen molar-refractivity contribution in [3.63, 3.8) is 0 Å². The van der Waals surface area contributed by atoms with Gasteiger partial charge in [0, 0.05) is 5.41 Å². The Morgan fingerprint density at radius 1 is 0.818 bits per heavy atom. The van der Waals surface area contributed by atoms with Crippen LogP contribution in [-0.2, 0) is 19.1 Å². The molecule has 2 aromatic carbocycles. The molecule has 0 fully saturated rings. The molecule has 0 aliphatic carbocycles. The highest BCUT2D eigenvalue weighted by Gasteiger charge is 2.26. The van der Waals surface area contributed by atoms with Crippen LogP contribution in [0.15, 0.2) is 48.5 Å². The van der Waals surface area contributed by atoms with Crippen molar-refractivity contribution in [1.82, 2.24) is 10.6 Å². The lowest BCUT2D eigenvalue weighted by atomic mass is 9.95. The number of amides is 2. The molecule has 8 nitrogen and oxygen atoms in total. The third-order valence-corrected chi connectivity index (χ3v) is 4.93. The number of nitrogens with one attached hydrogen (secondary N) is 2. The van der Waals surface area contributed by atoms with E-state index in [0.717, 1.165) is 11.1 Å². The molecule has 2 N–H and O–H groups in total. The van der Waals surface area contributed by atoms with E-state index in [1.807, 2.05) is 24.3 Å². The molecule has 0 radical (unpaired) electrons. The van der Waals surface area contributed by atoms with E-state index < -0.39 is 36.0 Å². The zero-order chi connectivity index (χ0) is 24.6. The fourth-order valence-corrected chi connectivity index (χ4v) is 2.89. The minimum atomic E-state index is -0.872. The molecule has 33 heavy (non-hydrogen) atoms. The second-order valence-corrected chi connectivity index (χ2v) is 8.60. The van der Waals surface area contributed by atoms with E-state index >= 15 is 0 Å². The largest absolute Gasteiger partial charge is 0.497 e. The second kappa shape index (κ2) is 11.4. The number of benzene rings is 2. The lowest BCUT2D eigenvalue weighted by Gasteiger charge is -2.22. The average Bonchev–Trinajstić information content (AvgIpc) is 2.80. The zero-order valence-electron chi connectivity index (χ0n) is 19.9. The number of ether oxygens (including phenoxy) is 3. The Morgan fingerprint density at radius 3 is 1.67 bits per heavy atom. The van der Waals surface area contributed by atoms with Crippen LogP contribution in [0.4, 0.5) is 0 Å². The van der Waals surface area contributed by atoms with Crippen molar-refractivity contribution >= 4 is 17.8 Å². The monoisotopic (exact) mass is 456 g/mol. The van der Waals surface area contributed by atoms with Crippen molar-refractivity contribution in [2.45, 2.75) is 39.8 Å². The molecule has 0 saturated carbocycles. The van der Waals surface area contributed by atoms with Crippen LogP contribution in [0.3, 0.4) is 0 Å². The number of carbonyl (C=O) groups is 3. The highest BCUT2D eigenvalue weighted by Crippen LogP contribution is 2.26. The van der Waals surface area contributed by atoms with Gasteiger partial charge in [0.2, 0.25) is 5.91 Å². The second-order valence-electron chi connectivity index (χ2n) is 8.60. The predicted molar refractivity (Wildman–Crippen MR) is 124 cm³/mol. The van der Waals surface area contributed by atoms with E-state index in [9.17, 15) is 14.4 Å². The summed E-state index contributed by atoms with van der Waals surface area (Å²) in [6, 6.07) is 13.3. The Balaban J connectivity index is 2.07. The minimum Gasteiger partial charge on any atom is -0.497 e. The lowest BCUT2D eigenvalue weighted by molar-refractivity contribution is -0.151. The normalized spacial score (nSPS) is 12.0. The molecule has 2 aromatic rings. The van der Waals surface area contributed by atoms with Gasteiger partial charge in [-0.2, -0.15) is 0 Å². The van der Waals surface area contributed by atoms with Crippen molar-refractivity contribution in [1.29, 1.82) is 0 Å². The van der Waals surface area contributed by atoms with Gasteiger partial charge < -0.3 is 24.8 Å². The SMILES string of the molecule is COc1ccc(C(NC(=O)COC(=O)C(C)NC(=O)C(C)(C)C)c2ccc(OC)cc2)cc1. The van der Waals surface area contributed by atoms with Gasteiger partial charge in [-0.05, 0) is 42.3 Å². The van der Waals surface area contributed by atoms with Crippen LogP contribution in [0, 0.1) is 5.41 Å². The first kappa shape index (κ1) is 25.7. The van der Waals surface area contributed by atoms with E-state index in [-0.39, 0.29) is 5.91 Å². The van der Waals surface area contributed by atoms with Crippen LogP contribution in [0.5, 0.6) is 11.5 Å². The smallest absolute Gasteiger partial charge is 0.328 e. The Bertz CT molecular complexity index is 901. The Hall–Kier alpha value is -3.55. The van der Waals surface area contributed by atoms with Crippen LogP contribution < -0.4 is 20.1 Å². The van der Waals surface area contributed by atoms with Crippen LogP contribution in [0.1, 0.15) is 44.9 Å². The summed E-state index contributed by atoms with van der Waals surface area (Å²) < 4.78 is 15.5. The topological polar surface area (TPSA) is 103 Å². The maximum Gasteiger partial charge on any atom is 0.328 e. The summed E-state index contributed by atoms with van der Waals surface area (Å²) in [6.07, 6.45) is 0. The molecule has 1 unspecified atom stereocenters. The van der Waals surface area contributed by atoms with E-state index in [2.05, 4.69) is 10.6 Å². The van der Waals surface area contributed by atoms with Crippen LogP contribution >= 0.6 is 0 Å². The van der Waals surface area contributed by atoms with E-state index in [1.165, 1.54) is 6.92 Å². The first-order valence-corrected chi connectivity index (χ1v) is 10.6. The van der Waals surface area contributed by atoms with Gasteiger partial charge >= 0.3 is 5.97 Å². The van der Waals surface area contributed by atoms with Crippen molar-refractivity contribution in [3.05, 3.63) is 59.7 Å². The molecule has 0 spiro atoms. The van der Waals surface area contributed by atoms with Gasteiger partial charge in [-0.25, -0.2) is 4.79 Å².